The Morgan fingerprint density at radius 2 is 1.96 bits per heavy atom. The zero-order valence-electron chi connectivity index (χ0n) is 14.5. The molecule has 134 valence electrons. The number of rotatable bonds is 7. The number of hydrogen-bond donors (Lipinski definition) is 1. The smallest absolute Gasteiger partial charge is 0.234 e. The molecule has 3 rings (SSSR count). The zero-order chi connectivity index (χ0) is 18.4. The number of thioether (sulfide) groups is 1. The van der Waals surface area contributed by atoms with E-state index in [1.165, 1.54) is 11.8 Å². The highest BCUT2D eigenvalue weighted by Crippen LogP contribution is 2.25. The molecule has 0 spiro atoms. The first-order chi connectivity index (χ1) is 12.7. The molecule has 1 N–H and O–H groups in total. The van der Waals surface area contributed by atoms with Gasteiger partial charge in [-0.15, -0.1) is 10.2 Å². The summed E-state index contributed by atoms with van der Waals surface area (Å²) in [7, 11) is 1.57. The van der Waals surface area contributed by atoms with Crippen LogP contribution < -0.4 is 10.1 Å². The average molecular weight is 369 g/mol. The summed E-state index contributed by atoms with van der Waals surface area (Å²) in [5, 5.41) is 12.0. The quantitative estimate of drug-likeness (QED) is 0.645. The van der Waals surface area contributed by atoms with Crippen LogP contribution in [0.25, 0.3) is 11.4 Å². The number of hydrogen-bond acceptors (Lipinski definition) is 6. The fourth-order valence-electron chi connectivity index (χ4n) is 2.46. The molecule has 0 aliphatic carbocycles. The van der Waals surface area contributed by atoms with Crippen molar-refractivity contribution in [2.24, 2.45) is 0 Å². The first-order valence-electron chi connectivity index (χ1n) is 8.12. The lowest BCUT2D eigenvalue weighted by Crippen LogP contribution is -2.15. The minimum Gasteiger partial charge on any atom is -0.495 e. The third-order valence-corrected chi connectivity index (χ3v) is 4.65. The van der Waals surface area contributed by atoms with Gasteiger partial charge < -0.3 is 14.6 Å². The van der Waals surface area contributed by atoms with Crippen LogP contribution in [0.3, 0.4) is 0 Å². The molecule has 0 bridgehead atoms. The molecule has 0 saturated heterocycles. The number of nitrogens with zero attached hydrogens (tertiary/aromatic N) is 4. The fraction of sp³-hybridized carbons (Fsp3) is 0.222. The molecule has 0 saturated carbocycles. The van der Waals surface area contributed by atoms with Crippen molar-refractivity contribution in [1.29, 1.82) is 0 Å². The van der Waals surface area contributed by atoms with Gasteiger partial charge in [0, 0.05) is 24.5 Å². The number of ether oxygens (including phenoxy) is 1. The Labute approximate surface area is 155 Å². The van der Waals surface area contributed by atoms with Crippen LogP contribution in [0.4, 0.5) is 5.69 Å². The van der Waals surface area contributed by atoms with E-state index in [9.17, 15) is 4.79 Å². The highest BCUT2D eigenvalue weighted by Gasteiger charge is 2.15. The SMILES string of the molecule is CCn1c(SCC(=O)Nc2ccccc2OC)nnc1-c1ccncc1. The Morgan fingerprint density at radius 3 is 2.69 bits per heavy atom. The molecule has 2 aromatic heterocycles. The second kappa shape index (κ2) is 8.48. The monoisotopic (exact) mass is 369 g/mol. The predicted octanol–water partition coefficient (Wildman–Crippen LogP) is 3.10. The molecule has 0 unspecified atom stereocenters. The van der Waals surface area contributed by atoms with Gasteiger partial charge >= 0.3 is 0 Å². The molecule has 0 atom stereocenters. The number of pyridine rings is 1. The lowest BCUT2D eigenvalue weighted by Gasteiger charge is -2.10. The third-order valence-electron chi connectivity index (χ3n) is 3.69. The zero-order valence-corrected chi connectivity index (χ0v) is 15.4. The summed E-state index contributed by atoms with van der Waals surface area (Å²) in [5.74, 6) is 1.49. The first-order valence-corrected chi connectivity index (χ1v) is 9.10. The normalized spacial score (nSPS) is 10.5. The summed E-state index contributed by atoms with van der Waals surface area (Å²) in [4.78, 5) is 16.3. The van der Waals surface area contributed by atoms with Crippen LogP contribution in [0.5, 0.6) is 5.75 Å². The fourth-order valence-corrected chi connectivity index (χ4v) is 3.26. The van der Waals surface area contributed by atoms with Crippen LogP contribution in [-0.4, -0.2) is 38.5 Å². The topological polar surface area (TPSA) is 81.9 Å². The van der Waals surface area contributed by atoms with Crippen molar-refractivity contribution < 1.29 is 9.53 Å². The van der Waals surface area contributed by atoms with E-state index in [-0.39, 0.29) is 11.7 Å². The maximum Gasteiger partial charge on any atom is 0.234 e. The molecule has 7 nitrogen and oxygen atoms in total. The van der Waals surface area contributed by atoms with E-state index in [1.54, 1.807) is 31.6 Å². The molecule has 2 heterocycles. The number of para-hydroxylation sites is 2. The van der Waals surface area contributed by atoms with Gasteiger partial charge in [0.15, 0.2) is 11.0 Å². The number of nitrogens with one attached hydrogen (secondary N) is 1. The summed E-state index contributed by atoms with van der Waals surface area (Å²) in [6, 6.07) is 11.1. The van der Waals surface area contributed by atoms with E-state index in [0.717, 1.165) is 11.4 Å². The molecule has 1 aromatic carbocycles. The molecule has 0 aliphatic heterocycles. The van der Waals surface area contributed by atoms with Crippen molar-refractivity contribution in [1.82, 2.24) is 19.7 Å². The number of benzene rings is 1. The van der Waals surface area contributed by atoms with Crippen LogP contribution in [0, 0.1) is 0 Å². The van der Waals surface area contributed by atoms with Gasteiger partial charge in [0.2, 0.25) is 5.91 Å². The van der Waals surface area contributed by atoms with Crippen LogP contribution in [0.2, 0.25) is 0 Å². The van der Waals surface area contributed by atoms with Crippen molar-refractivity contribution in [3.05, 3.63) is 48.8 Å². The number of aromatic nitrogens is 4. The predicted molar refractivity (Wildman–Crippen MR) is 101 cm³/mol. The summed E-state index contributed by atoms with van der Waals surface area (Å²) in [6.07, 6.45) is 3.44. The van der Waals surface area contributed by atoms with Crippen LogP contribution in [-0.2, 0) is 11.3 Å². The van der Waals surface area contributed by atoms with E-state index in [2.05, 4.69) is 20.5 Å². The lowest BCUT2D eigenvalue weighted by atomic mass is 10.2. The Bertz CT molecular complexity index is 882. The number of anilines is 1. The minimum atomic E-state index is -0.129. The third kappa shape index (κ3) is 4.02. The molecule has 0 aliphatic rings. The lowest BCUT2D eigenvalue weighted by molar-refractivity contribution is -0.113. The van der Waals surface area contributed by atoms with E-state index in [4.69, 9.17) is 4.74 Å². The summed E-state index contributed by atoms with van der Waals surface area (Å²) >= 11 is 1.35. The second-order valence-corrected chi connectivity index (χ2v) is 6.27. The molecular formula is C18H19N5O2S. The van der Waals surface area contributed by atoms with Gasteiger partial charge in [-0.05, 0) is 31.2 Å². The maximum atomic E-state index is 12.3. The van der Waals surface area contributed by atoms with Crippen molar-refractivity contribution in [2.45, 2.75) is 18.6 Å². The van der Waals surface area contributed by atoms with Crippen LogP contribution >= 0.6 is 11.8 Å². The number of carbonyl (C=O) groups is 1. The summed E-state index contributed by atoms with van der Waals surface area (Å²) < 4.78 is 7.23. The highest BCUT2D eigenvalue weighted by atomic mass is 32.2. The van der Waals surface area contributed by atoms with Crippen molar-refractivity contribution >= 4 is 23.4 Å². The van der Waals surface area contributed by atoms with Gasteiger partial charge in [-0.1, -0.05) is 23.9 Å². The highest BCUT2D eigenvalue weighted by molar-refractivity contribution is 7.99. The van der Waals surface area contributed by atoms with Crippen molar-refractivity contribution in [3.8, 4) is 17.1 Å². The minimum absolute atomic E-state index is 0.129. The Kier molecular flexibility index (Phi) is 5.85. The summed E-state index contributed by atoms with van der Waals surface area (Å²) in [5.41, 5.74) is 1.59. The maximum absolute atomic E-state index is 12.3. The van der Waals surface area contributed by atoms with Gasteiger partial charge in [-0.2, -0.15) is 0 Å². The van der Waals surface area contributed by atoms with Gasteiger partial charge in [-0.3, -0.25) is 9.78 Å². The van der Waals surface area contributed by atoms with Gasteiger partial charge in [0.25, 0.3) is 0 Å². The number of amides is 1. The number of carbonyl (C=O) groups excluding carboxylic acids is 1. The second-order valence-electron chi connectivity index (χ2n) is 5.32. The largest absolute Gasteiger partial charge is 0.495 e. The standard InChI is InChI=1S/C18H19N5O2S/c1-3-23-17(13-8-10-19-11-9-13)21-22-18(23)26-12-16(24)20-14-6-4-5-7-15(14)25-2/h4-11H,3,12H2,1-2H3,(H,20,24). The Morgan fingerprint density at radius 1 is 1.19 bits per heavy atom. The first kappa shape index (κ1) is 17.9. The molecule has 0 fully saturated rings. The molecule has 0 radical (unpaired) electrons. The van der Waals surface area contributed by atoms with Gasteiger partial charge in [-0.25, -0.2) is 0 Å². The van der Waals surface area contributed by atoms with Gasteiger partial charge in [0.1, 0.15) is 5.75 Å². The molecule has 26 heavy (non-hydrogen) atoms. The van der Waals surface area contributed by atoms with E-state index in [0.29, 0.717) is 23.1 Å². The van der Waals surface area contributed by atoms with E-state index >= 15 is 0 Å². The van der Waals surface area contributed by atoms with Gasteiger partial charge in [0.05, 0.1) is 18.6 Å². The van der Waals surface area contributed by atoms with Crippen molar-refractivity contribution in [2.75, 3.05) is 18.2 Å². The van der Waals surface area contributed by atoms with Crippen LogP contribution in [0.15, 0.2) is 53.9 Å². The van der Waals surface area contributed by atoms with Crippen molar-refractivity contribution in [3.63, 3.8) is 0 Å². The van der Waals surface area contributed by atoms with E-state index in [1.807, 2.05) is 35.8 Å². The number of methoxy groups -OCH3 is 1. The van der Waals surface area contributed by atoms with Crippen LogP contribution in [0.1, 0.15) is 6.92 Å². The average Bonchev–Trinajstić information content (AvgIpc) is 3.10. The molecule has 3 aromatic rings. The Hall–Kier alpha value is -2.87. The Balaban J connectivity index is 1.68. The molecular weight excluding hydrogens is 350 g/mol. The summed E-state index contributed by atoms with van der Waals surface area (Å²) in [6.45, 7) is 2.73. The van der Waals surface area contributed by atoms with E-state index < -0.39 is 0 Å². The molecule has 1 amide bonds. The molecule has 8 heteroatoms.